The van der Waals surface area contributed by atoms with Crippen molar-refractivity contribution in [1.82, 2.24) is 4.98 Å². The number of nitrogens with two attached hydrogens (primary N) is 1. The lowest BCUT2D eigenvalue weighted by Crippen LogP contribution is -2.26. The number of hydrogen-bond acceptors (Lipinski definition) is 3. The van der Waals surface area contributed by atoms with E-state index in [2.05, 4.69) is 33.6 Å². The first kappa shape index (κ1) is 8.25. The molecule has 0 unspecified atom stereocenters. The maximum atomic E-state index is 5.73. The normalized spacial score (nSPS) is 17.4. The third-order valence-electron chi connectivity index (χ3n) is 1.99. The standard InChI is InChI=1S/C8H9IN2O/c9-6-1-7(5-3-12-4-5)8(10)11-2-6/h1-2,5H,3-4H2,(H2,10,11). The molecular weight excluding hydrogens is 267 g/mol. The number of ether oxygens (including phenoxy) is 1. The lowest BCUT2D eigenvalue weighted by Gasteiger charge is -2.26. The van der Waals surface area contributed by atoms with Crippen LogP contribution in [0.2, 0.25) is 0 Å². The second-order valence-electron chi connectivity index (χ2n) is 2.86. The second-order valence-corrected chi connectivity index (χ2v) is 4.11. The Morgan fingerprint density at radius 2 is 2.33 bits per heavy atom. The van der Waals surface area contributed by atoms with Gasteiger partial charge in [0, 0.05) is 21.2 Å². The Labute approximate surface area is 84.5 Å². The van der Waals surface area contributed by atoms with E-state index in [1.165, 1.54) is 0 Å². The summed E-state index contributed by atoms with van der Waals surface area (Å²) >= 11 is 2.24. The number of pyridine rings is 1. The maximum absolute atomic E-state index is 5.73. The summed E-state index contributed by atoms with van der Waals surface area (Å²) in [6.07, 6.45) is 1.78. The molecule has 0 atom stereocenters. The third-order valence-corrected chi connectivity index (χ3v) is 2.58. The summed E-state index contributed by atoms with van der Waals surface area (Å²) in [5, 5.41) is 0. The number of halogens is 1. The SMILES string of the molecule is Nc1ncc(I)cc1C1COC1. The van der Waals surface area contributed by atoms with Crippen molar-refractivity contribution < 1.29 is 4.74 Å². The van der Waals surface area contributed by atoms with E-state index in [-0.39, 0.29) is 0 Å². The predicted molar refractivity (Wildman–Crippen MR) is 54.9 cm³/mol. The van der Waals surface area contributed by atoms with E-state index in [4.69, 9.17) is 10.5 Å². The number of rotatable bonds is 1. The molecule has 2 N–H and O–H groups in total. The topological polar surface area (TPSA) is 48.1 Å². The molecule has 1 saturated heterocycles. The molecule has 0 bridgehead atoms. The molecule has 12 heavy (non-hydrogen) atoms. The lowest BCUT2D eigenvalue weighted by molar-refractivity contribution is 0.00858. The van der Waals surface area contributed by atoms with Gasteiger partial charge in [-0.1, -0.05) is 0 Å². The van der Waals surface area contributed by atoms with Crippen LogP contribution in [0.3, 0.4) is 0 Å². The van der Waals surface area contributed by atoms with E-state index >= 15 is 0 Å². The van der Waals surface area contributed by atoms with Crippen LogP contribution >= 0.6 is 22.6 Å². The van der Waals surface area contributed by atoms with Crippen molar-refractivity contribution in [3.8, 4) is 0 Å². The van der Waals surface area contributed by atoms with Gasteiger partial charge in [-0.3, -0.25) is 0 Å². The minimum Gasteiger partial charge on any atom is -0.383 e. The van der Waals surface area contributed by atoms with Crippen LogP contribution in [0.25, 0.3) is 0 Å². The van der Waals surface area contributed by atoms with E-state index in [0.717, 1.165) is 22.3 Å². The van der Waals surface area contributed by atoms with Crippen molar-refractivity contribution in [3.05, 3.63) is 21.4 Å². The van der Waals surface area contributed by atoms with Crippen molar-refractivity contribution >= 4 is 28.4 Å². The van der Waals surface area contributed by atoms with Crippen LogP contribution < -0.4 is 5.73 Å². The number of hydrogen-bond donors (Lipinski definition) is 1. The van der Waals surface area contributed by atoms with Crippen LogP contribution in [0.15, 0.2) is 12.3 Å². The molecule has 64 valence electrons. The van der Waals surface area contributed by atoms with Crippen LogP contribution in [-0.2, 0) is 4.74 Å². The molecule has 1 aliphatic rings. The van der Waals surface area contributed by atoms with Gasteiger partial charge >= 0.3 is 0 Å². The van der Waals surface area contributed by atoms with Crippen molar-refractivity contribution in [2.24, 2.45) is 0 Å². The van der Waals surface area contributed by atoms with Gasteiger partial charge in [-0.2, -0.15) is 0 Å². The van der Waals surface area contributed by atoms with Gasteiger partial charge in [-0.05, 0) is 28.7 Å². The van der Waals surface area contributed by atoms with Gasteiger partial charge in [0.05, 0.1) is 13.2 Å². The number of nitrogen functional groups attached to an aromatic ring is 1. The van der Waals surface area contributed by atoms with Gasteiger partial charge in [-0.15, -0.1) is 0 Å². The Morgan fingerprint density at radius 1 is 1.58 bits per heavy atom. The predicted octanol–water partition coefficient (Wildman–Crippen LogP) is 1.38. The van der Waals surface area contributed by atoms with Crippen molar-refractivity contribution in [1.29, 1.82) is 0 Å². The van der Waals surface area contributed by atoms with Gasteiger partial charge in [0.2, 0.25) is 0 Å². The fourth-order valence-corrected chi connectivity index (χ4v) is 1.68. The molecule has 0 radical (unpaired) electrons. The lowest BCUT2D eigenvalue weighted by atomic mass is 9.98. The molecule has 2 heterocycles. The van der Waals surface area contributed by atoms with E-state index in [0.29, 0.717) is 11.7 Å². The van der Waals surface area contributed by atoms with E-state index in [1.807, 2.05) is 0 Å². The molecule has 1 aliphatic heterocycles. The highest BCUT2D eigenvalue weighted by atomic mass is 127. The molecule has 3 nitrogen and oxygen atoms in total. The molecular formula is C8H9IN2O. The molecule has 0 saturated carbocycles. The average Bonchev–Trinajstić information content (AvgIpc) is 1.93. The molecule has 0 spiro atoms. The number of aromatic nitrogens is 1. The molecule has 0 aromatic carbocycles. The monoisotopic (exact) mass is 276 g/mol. The third kappa shape index (κ3) is 1.40. The Bertz CT molecular complexity index is 299. The highest BCUT2D eigenvalue weighted by Gasteiger charge is 2.23. The molecule has 0 amide bonds. The molecule has 1 aromatic rings. The van der Waals surface area contributed by atoms with Gasteiger partial charge in [0.1, 0.15) is 5.82 Å². The minimum absolute atomic E-state index is 0.465. The average molecular weight is 276 g/mol. The zero-order valence-electron chi connectivity index (χ0n) is 6.46. The number of anilines is 1. The first-order valence-corrected chi connectivity index (χ1v) is 4.84. The summed E-state index contributed by atoms with van der Waals surface area (Å²) < 4.78 is 6.23. The van der Waals surface area contributed by atoms with E-state index in [1.54, 1.807) is 6.20 Å². The second kappa shape index (κ2) is 3.18. The molecule has 4 heteroatoms. The summed E-state index contributed by atoms with van der Waals surface area (Å²) in [5.41, 5.74) is 6.86. The van der Waals surface area contributed by atoms with Crippen molar-refractivity contribution in [3.63, 3.8) is 0 Å². The Hall–Kier alpha value is -0.360. The summed E-state index contributed by atoms with van der Waals surface area (Å²) in [6.45, 7) is 1.57. The Kier molecular flexibility index (Phi) is 2.18. The molecule has 1 fully saturated rings. The van der Waals surface area contributed by atoms with Gasteiger partial charge < -0.3 is 10.5 Å². The summed E-state index contributed by atoms with van der Waals surface area (Å²) in [5.74, 6) is 1.11. The van der Waals surface area contributed by atoms with Gasteiger partial charge in [0.25, 0.3) is 0 Å². The summed E-state index contributed by atoms with van der Waals surface area (Å²) in [6, 6.07) is 2.08. The maximum Gasteiger partial charge on any atom is 0.127 e. The van der Waals surface area contributed by atoms with Crippen LogP contribution in [-0.4, -0.2) is 18.2 Å². The van der Waals surface area contributed by atoms with Crippen molar-refractivity contribution in [2.75, 3.05) is 18.9 Å². The summed E-state index contributed by atoms with van der Waals surface area (Å²) in [4.78, 5) is 4.10. The van der Waals surface area contributed by atoms with E-state index in [9.17, 15) is 0 Å². The Balaban J connectivity index is 2.34. The zero-order valence-corrected chi connectivity index (χ0v) is 8.61. The fraction of sp³-hybridized carbons (Fsp3) is 0.375. The van der Waals surface area contributed by atoms with Crippen molar-refractivity contribution in [2.45, 2.75) is 5.92 Å². The van der Waals surface area contributed by atoms with Crippen LogP contribution in [0.5, 0.6) is 0 Å². The quantitative estimate of drug-likeness (QED) is 0.788. The van der Waals surface area contributed by atoms with Crippen LogP contribution in [0.4, 0.5) is 5.82 Å². The highest BCUT2D eigenvalue weighted by molar-refractivity contribution is 14.1. The van der Waals surface area contributed by atoms with E-state index < -0.39 is 0 Å². The van der Waals surface area contributed by atoms with Crippen LogP contribution in [0.1, 0.15) is 11.5 Å². The Morgan fingerprint density at radius 3 is 2.92 bits per heavy atom. The molecule has 0 aliphatic carbocycles. The van der Waals surface area contributed by atoms with Crippen LogP contribution in [0, 0.1) is 3.57 Å². The highest BCUT2D eigenvalue weighted by Crippen LogP contribution is 2.28. The molecule has 1 aromatic heterocycles. The first-order chi connectivity index (χ1) is 5.77. The largest absolute Gasteiger partial charge is 0.383 e. The first-order valence-electron chi connectivity index (χ1n) is 3.76. The minimum atomic E-state index is 0.465. The smallest absolute Gasteiger partial charge is 0.127 e. The fourth-order valence-electron chi connectivity index (χ4n) is 1.21. The van der Waals surface area contributed by atoms with Gasteiger partial charge in [0.15, 0.2) is 0 Å². The zero-order chi connectivity index (χ0) is 8.55. The molecule has 2 rings (SSSR count). The van der Waals surface area contributed by atoms with Gasteiger partial charge in [-0.25, -0.2) is 4.98 Å². The summed E-state index contributed by atoms with van der Waals surface area (Å²) in [7, 11) is 0. The number of nitrogens with zero attached hydrogens (tertiary/aromatic N) is 1.